The van der Waals surface area contributed by atoms with Gasteiger partial charge in [-0.2, -0.15) is 0 Å². The molecular formula is C19H28O6. The van der Waals surface area contributed by atoms with E-state index in [2.05, 4.69) is 11.7 Å². The van der Waals surface area contributed by atoms with Crippen molar-refractivity contribution in [3.63, 3.8) is 0 Å². The van der Waals surface area contributed by atoms with Crippen LogP contribution in [-0.2, 0) is 9.53 Å². The molecule has 0 aliphatic rings. The number of carbonyl (C=O) groups is 2. The topological polar surface area (TPSA) is 104 Å². The van der Waals surface area contributed by atoms with Crippen LogP contribution < -0.4 is 0 Å². The van der Waals surface area contributed by atoms with Crippen LogP contribution in [0.15, 0.2) is 12.1 Å². The number of phenolic OH excluding ortho intramolecular Hbond substituents is 3. The second-order valence-electron chi connectivity index (χ2n) is 6.20. The quantitative estimate of drug-likeness (QED) is 0.236. The zero-order valence-electron chi connectivity index (χ0n) is 14.8. The summed E-state index contributed by atoms with van der Waals surface area (Å²) in [6.45, 7) is 2.19. The molecular weight excluding hydrogens is 324 g/mol. The molecule has 140 valence electrons. The third-order valence-electron chi connectivity index (χ3n) is 4.00. The summed E-state index contributed by atoms with van der Waals surface area (Å²) >= 11 is 0. The summed E-state index contributed by atoms with van der Waals surface area (Å²) < 4.78 is 4.68. The molecule has 0 spiro atoms. The molecule has 0 fully saturated rings. The molecule has 0 unspecified atom stereocenters. The van der Waals surface area contributed by atoms with Crippen molar-refractivity contribution in [3.05, 3.63) is 17.7 Å². The summed E-state index contributed by atoms with van der Waals surface area (Å²) in [5.41, 5.74) is -0.201. The first kappa shape index (κ1) is 20.8. The highest BCUT2D eigenvalue weighted by atomic mass is 16.6. The van der Waals surface area contributed by atoms with Crippen LogP contribution in [0.1, 0.15) is 81.5 Å². The van der Waals surface area contributed by atoms with Gasteiger partial charge in [0.1, 0.15) is 0 Å². The molecule has 0 aromatic heterocycles. The Morgan fingerprint density at radius 2 is 1.32 bits per heavy atom. The molecule has 0 radical (unpaired) electrons. The third-order valence-corrected chi connectivity index (χ3v) is 4.00. The number of unbranched alkanes of at least 4 members (excludes halogenated alkanes) is 8. The van der Waals surface area contributed by atoms with Gasteiger partial charge in [0.25, 0.3) is 0 Å². The summed E-state index contributed by atoms with van der Waals surface area (Å²) in [7, 11) is 0. The van der Waals surface area contributed by atoms with Gasteiger partial charge >= 0.3 is 11.9 Å². The minimum Gasteiger partial charge on any atom is -0.504 e. The molecule has 0 bridgehead atoms. The van der Waals surface area contributed by atoms with Crippen LogP contribution in [0, 0.1) is 0 Å². The van der Waals surface area contributed by atoms with Gasteiger partial charge in [0.05, 0.1) is 5.56 Å². The average molecular weight is 352 g/mol. The monoisotopic (exact) mass is 352 g/mol. The Balaban J connectivity index is 2.21. The number of ether oxygens (including phenoxy) is 1. The minimum absolute atomic E-state index is 0.150. The van der Waals surface area contributed by atoms with Crippen LogP contribution in [0.25, 0.3) is 0 Å². The second-order valence-corrected chi connectivity index (χ2v) is 6.20. The van der Waals surface area contributed by atoms with Gasteiger partial charge < -0.3 is 20.1 Å². The van der Waals surface area contributed by atoms with E-state index in [0.717, 1.165) is 31.4 Å². The lowest BCUT2D eigenvalue weighted by Crippen LogP contribution is -2.12. The molecule has 0 aliphatic heterocycles. The Kier molecular flexibility index (Phi) is 9.43. The van der Waals surface area contributed by atoms with Gasteiger partial charge in [0.15, 0.2) is 17.2 Å². The van der Waals surface area contributed by atoms with E-state index in [1.807, 2.05) is 0 Å². The first-order valence-electron chi connectivity index (χ1n) is 8.95. The Morgan fingerprint density at radius 3 is 1.84 bits per heavy atom. The fraction of sp³-hybridized carbons (Fsp3) is 0.579. The average Bonchev–Trinajstić information content (AvgIpc) is 2.57. The molecule has 0 saturated carbocycles. The fourth-order valence-corrected chi connectivity index (χ4v) is 2.52. The summed E-state index contributed by atoms with van der Waals surface area (Å²) in [6, 6.07) is 1.87. The van der Waals surface area contributed by atoms with Crippen molar-refractivity contribution in [1.82, 2.24) is 0 Å². The van der Waals surface area contributed by atoms with Crippen LogP contribution in [0.4, 0.5) is 0 Å². The lowest BCUT2D eigenvalue weighted by atomic mass is 10.1. The summed E-state index contributed by atoms with van der Waals surface area (Å²) in [5, 5.41) is 27.9. The maximum atomic E-state index is 11.8. The number of carbonyl (C=O) groups excluding carboxylic acids is 2. The Bertz CT molecular complexity index is 544. The molecule has 0 saturated heterocycles. The van der Waals surface area contributed by atoms with E-state index < -0.39 is 29.2 Å². The Morgan fingerprint density at radius 1 is 0.840 bits per heavy atom. The molecule has 0 atom stereocenters. The van der Waals surface area contributed by atoms with Gasteiger partial charge in [0.2, 0.25) is 0 Å². The highest BCUT2D eigenvalue weighted by Crippen LogP contribution is 2.35. The number of benzene rings is 1. The molecule has 1 aromatic rings. The van der Waals surface area contributed by atoms with E-state index in [4.69, 9.17) is 0 Å². The predicted molar refractivity (Wildman–Crippen MR) is 93.7 cm³/mol. The van der Waals surface area contributed by atoms with Crippen molar-refractivity contribution < 1.29 is 29.6 Å². The molecule has 1 rings (SSSR count). The lowest BCUT2D eigenvalue weighted by molar-refractivity contribution is -0.138. The van der Waals surface area contributed by atoms with Crippen LogP contribution in [0.3, 0.4) is 0 Å². The molecule has 0 aliphatic carbocycles. The van der Waals surface area contributed by atoms with Crippen LogP contribution in [0.5, 0.6) is 17.2 Å². The van der Waals surface area contributed by atoms with Crippen LogP contribution in [-0.4, -0.2) is 27.3 Å². The molecule has 0 heterocycles. The summed E-state index contributed by atoms with van der Waals surface area (Å²) in [5.74, 6) is -3.64. The Labute approximate surface area is 148 Å². The number of aromatic hydroxyl groups is 3. The lowest BCUT2D eigenvalue weighted by Gasteiger charge is -2.06. The smallest absolute Gasteiger partial charge is 0.346 e. The number of hydrogen-bond acceptors (Lipinski definition) is 6. The highest BCUT2D eigenvalue weighted by molar-refractivity contribution is 5.97. The molecule has 3 N–H and O–H groups in total. The summed E-state index contributed by atoms with van der Waals surface area (Å²) in [6.07, 6.45) is 10.2. The van der Waals surface area contributed by atoms with Crippen molar-refractivity contribution in [3.8, 4) is 17.2 Å². The van der Waals surface area contributed by atoms with Gasteiger partial charge in [-0.25, -0.2) is 4.79 Å². The first-order valence-corrected chi connectivity index (χ1v) is 8.95. The second kappa shape index (κ2) is 11.3. The van der Waals surface area contributed by atoms with E-state index in [9.17, 15) is 24.9 Å². The number of esters is 2. The van der Waals surface area contributed by atoms with Crippen molar-refractivity contribution in [2.24, 2.45) is 0 Å². The van der Waals surface area contributed by atoms with Crippen molar-refractivity contribution >= 4 is 11.9 Å². The van der Waals surface area contributed by atoms with Gasteiger partial charge in [-0.3, -0.25) is 4.79 Å². The van der Waals surface area contributed by atoms with Gasteiger partial charge in [-0.15, -0.1) is 0 Å². The van der Waals surface area contributed by atoms with Crippen LogP contribution >= 0.6 is 0 Å². The zero-order chi connectivity index (χ0) is 18.7. The normalized spacial score (nSPS) is 10.6. The van der Waals surface area contributed by atoms with E-state index in [1.54, 1.807) is 0 Å². The molecule has 6 heteroatoms. The number of phenols is 3. The zero-order valence-corrected chi connectivity index (χ0v) is 14.8. The maximum absolute atomic E-state index is 11.8. The molecule has 0 amide bonds. The van der Waals surface area contributed by atoms with Gasteiger partial charge in [-0.05, 0) is 18.6 Å². The van der Waals surface area contributed by atoms with Crippen molar-refractivity contribution in [2.45, 2.75) is 71.1 Å². The fourth-order valence-electron chi connectivity index (χ4n) is 2.52. The molecule has 6 nitrogen and oxygen atoms in total. The molecule has 1 aromatic carbocycles. The van der Waals surface area contributed by atoms with Crippen molar-refractivity contribution in [2.75, 3.05) is 0 Å². The van der Waals surface area contributed by atoms with E-state index >= 15 is 0 Å². The number of rotatable bonds is 11. The largest absolute Gasteiger partial charge is 0.504 e. The van der Waals surface area contributed by atoms with Gasteiger partial charge in [-0.1, -0.05) is 58.3 Å². The highest BCUT2D eigenvalue weighted by Gasteiger charge is 2.17. The van der Waals surface area contributed by atoms with E-state index in [1.165, 1.54) is 32.1 Å². The minimum atomic E-state index is -0.966. The number of hydrogen-bond donors (Lipinski definition) is 3. The Hall–Kier alpha value is -2.24. The predicted octanol–water partition coefficient (Wildman–Crippen LogP) is 4.41. The van der Waals surface area contributed by atoms with E-state index in [-0.39, 0.29) is 12.0 Å². The first-order chi connectivity index (χ1) is 12.0. The SMILES string of the molecule is CCCCCCCCCCCC(=O)OC(=O)c1cc(O)c(O)c(O)c1. The maximum Gasteiger partial charge on any atom is 0.346 e. The van der Waals surface area contributed by atoms with Crippen LogP contribution in [0.2, 0.25) is 0 Å². The standard InChI is InChI=1S/C19H28O6/c1-2-3-4-5-6-7-8-9-10-11-17(22)25-19(24)14-12-15(20)18(23)16(21)13-14/h12-13,20-21,23H,2-11H2,1H3. The van der Waals surface area contributed by atoms with E-state index in [0.29, 0.717) is 6.42 Å². The van der Waals surface area contributed by atoms with Crippen molar-refractivity contribution in [1.29, 1.82) is 0 Å². The van der Waals surface area contributed by atoms with Gasteiger partial charge in [0, 0.05) is 6.42 Å². The molecule has 25 heavy (non-hydrogen) atoms. The summed E-state index contributed by atoms with van der Waals surface area (Å²) in [4.78, 5) is 23.4. The third kappa shape index (κ3) is 7.92.